The molecule has 0 atom stereocenters. The summed E-state index contributed by atoms with van der Waals surface area (Å²) in [6.45, 7) is 1.82. The Morgan fingerprint density at radius 1 is 1.75 bits per heavy atom. The van der Waals surface area contributed by atoms with E-state index in [-0.39, 0.29) is 5.78 Å². The molecule has 0 amide bonds. The Bertz CT molecular complexity index is 293. The van der Waals surface area contributed by atoms with E-state index in [1.165, 1.54) is 18.4 Å². The Morgan fingerprint density at radius 3 is 2.83 bits per heavy atom. The molecular formula is C8H9ClO2S. The summed E-state index contributed by atoms with van der Waals surface area (Å²) >= 11 is 7.05. The second-order valence-electron chi connectivity index (χ2n) is 2.23. The van der Waals surface area contributed by atoms with Crippen LogP contribution in [0.3, 0.4) is 0 Å². The predicted molar refractivity (Wildman–Crippen MR) is 50.5 cm³/mol. The number of carbonyl (C=O) groups excluding carboxylic acids is 1. The highest BCUT2D eigenvalue weighted by molar-refractivity contribution is 7.18. The molecule has 0 saturated carbocycles. The fraction of sp³-hybridized carbons (Fsp3) is 0.375. The summed E-state index contributed by atoms with van der Waals surface area (Å²) in [6, 6.07) is 1.68. The van der Waals surface area contributed by atoms with Gasteiger partial charge in [0.05, 0.1) is 12.0 Å². The molecule has 2 nitrogen and oxygen atoms in total. The Morgan fingerprint density at radius 2 is 2.42 bits per heavy atom. The topological polar surface area (TPSA) is 26.3 Å². The minimum absolute atomic E-state index is 0.102. The molecule has 0 saturated heterocycles. The van der Waals surface area contributed by atoms with E-state index in [1.54, 1.807) is 6.07 Å². The van der Waals surface area contributed by atoms with Crippen molar-refractivity contribution in [2.75, 3.05) is 7.11 Å². The van der Waals surface area contributed by atoms with Crippen molar-refractivity contribution in [2.24, 2.45) is 0 Å². The molecule has 12 heavy (non-hydrogen) atoms. The van der Waals surface area contributed by atoms with Crippen LogP contribution in [-0.4, -0.2) is 12.9 Å². The van der Waals surface area contributed by atoms with Crippen LogP contribution in [0.1, 0.15) is 23.0 Å². The maximum Gasteiger partial charge on any atom is 0.172 e. The van der Waals surface area contributed by atoms with Gasteiger partial charge in [-0.2, -0.15) is 0 Å². The Labute approximate surface area is 80.1 Å². The van der Waals surface area contributed by atoms with Gasteiger partial charge in [0.2, 0.25) is 0 Å². The van der Waals surface area contributed by atoms with Gasteiger partial charge >= 0.3 is 0 Å². The van der Waals surface area contributed by atoms with Crippen molar-refractivity contribution in [1.29, 1.82) is 0 Å². The van der Waals surface area contributed by atoms with Crippen molar-refractivity contribution in [3.63, 3.8) is 0 Å². The van der Waals surface area contributed by atoms with Crippen molar-refractivity contribution >= 4 is 28.7 Å². The van der Waals surface area contributed by atoms with Crippen LogP contribution in [0.25, 0.3) is 0 Å². The lowest BCUT2D eigenvalue weighted by Gasteiger charge is -1.91. The van der Waals surface area contributed by atoms with E-state index < -0.39 is 0 Å². The SMILES string of the molecule is CCC(=O)c1cc(OC)c(Cl)s1. The van der Waals surface area contributed by atoms with Crippen molar-refractivity contribution in [3.8, 4) is 5.75 Å². The summed E-state index contributed by atoms with van der Waals surface area (Å²) in [5.41, 5.74) is 0. The van der Waals surface area contributed by atoms with Crippen LogP contribution in [0.15, 0.2) is 6.07 Å². The maximum atomic E-state index is 11.2. The first-order chi connectivity index (χ1) is 5.69. The van der Waals surface area contributed by atoms with Crippen molar-refractivity contribution in [2.45, 2.75) is 13.3 Å². The average molecular weight is 205 g/mol. The van der Waals surface area contributed by atoms with Crippen molar-refractivity contribution in [3.05, 3.63) is 15.3 Å². The Balaban J connectivity index is 2.96. The molecule has 0 radical (unpaired) electrons. The van der Waals surface area contributed by atoms with Gasteiger partial charge in [0, 0.05) is 12.5 Å². The molecule has 0 bridgehead atoms. The summed E-state index contributed by atoms with van der Waals surface area (Å²) < 4.78 is 5.48. The number of methoxy groups -OCH3 is 1. The fourth-order valence-corrected chi connectivity index (χ4v) is 2.04. The van der Waals surface area contributed by atoms with Crippen LogP contribution in [0.4, 0.5) is 0 Å². The molecule has 0 unspecified atom stereocenters. The largest absolute Gasteiger partial charge is 0.494 e. The quantitative estimate of drug-likeness (QED) is 0.708. The number of hydrogen-bond donors (Lipinski definition) is 0. The highest BCUT2D eigenvalue weighted by Crippen LogP contribution is 2.34. The molecule has 4 heteroatoms. The van der Waals surface area contributed by atoms with Crippen LogP contribution < -0.4 is 4.74 Å². The number of carbonyl (C=O) groups is 1. The first-order valence-electron chi connectivity index (χ1n) is 3.55. The summed E-state index contributed by atoms with van der Waals surface area (Å²) in [7, 11) is 1.54. The number of hydrogen-bond acceptors (Lipinski definition) is 3. The third-order valence-electron chi connectivity index (χ3n) is 1.47. The molecule has 66 valence electrons. The van der Waals surface area contributed by atoms with Crippen molar-refractivity contribution in [1.82, 2.24) is 0 Å². The summed E-state index contributed by atoms with van der Waals surface area (Å²) in [6.07, 6.45) is 0.500. The lowest BCUT2D eigenvalue weighted by atomic mass is 10.2. The zero-order valence-electron chi connectivity index (χ0n) is 6.89. The number of rotatable bonds is 3. The van der Waals surface area contributed by atoms with Crippen molar-refractivity contribution < 1.29 is 9.53 Å². The molecule has 0 spiro atoms. The highest BCUT2D eigenvalue weighted by atomic mass is 35.5. The fourth-order valence-electron chi connectivity index (χ4n) is 0.803. The minimum Gasteiger partial charge on any atom is -0.494 e. The molecule has 0 aromatic carbocycles. The first kappa shape index (κ1) is 9.55. The minimum atomic E-state index is 0.102. The van der Waals surface area contributed by atoms with Crippen LogP contribution in [0.5, 0.6) is 5.75 Å². The molecule has 1 aromatic rings. The third kappa shape index (κ3) is 1.79. The van der Waals surface area contributed by atoms with E-state index >= 15 is 0 Å². The number of thiophene rings is 1. The first-order valence-corrected chi connectivity index (χ1v) is 4.75. The molecule has 0 aliphatic rings. The van der Waals surface area contributed by atoms with Gasteiger partial charge in [-0.3, -0.25) is 4.79 Å². The van der Waals surface area contributed by atoms with E-state index in [9.17, 15) is 4.79 Å². The summed E-state index contributed by atoms with van der Waals surface area (Å²) in [5.74, 6) is 0.684. The van der Waals surface area contributed by atoms with Gasteiger partial charge in [-0.25, -0.2) is 0 Å². The predicted octanol–water partition coefficient (Wildman–Crippen LogP) is 3.00. The van der Waals surface area contributed by atoms with Crippen LogP contribution >= 0.6 is 22.9 Å². The zero-order chi connectivity index (χ0) is 9.14. The number of halogens is 1. The summed E-state index contributed by atoms with van der Waals surface area (Å²) in [5, 5.41) is 0. The molecule has 0 N–H and O–H groups in total. The molecular weight excluding hydrogens is 196 g/mol. The van der Waals surface area contributed by atoms with E-state index in [1.807, 2.05) is 6.92 Å². The van der Waals surface area contributed by atoms with Gasteiger partial charge < -0.3 is 4.74 Å². The van der Waals surface area contributed by atoms with Gasteiger partial charge in [-0.15, -0.1) is 11.3 Å². The van der Waals surface area contributed by atoms with E-state index in [2.05, 4.69) is 0 Å². The van der Waals surface area contributed by atoms with Crippen LogP contribution in [0.2, 0.25) is 4.34 Å². The smallest absolute Gasteiger partial charge is 0.172 e. The lowest BCUT2D eigenvalue weighted by Crippen LogP contribution is -1.90. The molecule has 0 aliphatic carbocycles. The second-order valence-corrected chi connectivity index (χ2v) is 3.88. The number of Topliss-reactive ketones (excluding diaryl/α,β-unsaturated/α-hetero) is 1. The average Bonchev–Trinajstić information content (AvgIpc) is 2.45. The number of ether oxygens (including phenoxy) is 1. The highest BCUT2D eigenvalue weighted by Gasteiger charge is 2.11. The third-order valence-corrected chi connectivity index (χ3v) is 2.83. The standard InChI is InChI=1S/C8H9ClO2S/c1-3-5(10)7-4-6(11-2)8(9)12-7/h4H,3H2,1-2H3. The maximum absolute atomic E-state index is 11.2. The van der Waals surface area contributed by atoms with Gasteiger partial charge in [0.15, 0.2) is 5.78 Å². The molecule has 1 aromatic heterocycles. The van der Waals surface area contributed by atoms with Crippen LogP contribution in [0, 0.1) is 0 Å². The molecule has 0 fully saturated rings. The van der Waals surface area contributed by atoms with Gasteiger partial charge in [-0.1, -0.05) is 18.5 Å². The molecule has 1 rings (SSSR count). The lowest BCUT2D eigenvalue weighted by molar-refractivity contribution is 0.0992. The van der Waals surface area contributed by atoms with E-state index in [4.69, 9.17) is 16.3 Å². The Hall–Kier alpha value is -0.540. The number of ketones is 1. The molecule has 0 aliphatic heterocycles. The molecule has 1 heterocycles. The summed E-state index contributed by atoms with van der Waals surface area (Å²) in [4.78, 5) is 11.9. The zero-order valence-corrected chi connectivity index (χ0v) is 8.46. The van der Waals surface area contributed by atoms with Crippen LogP contribution in [-0.2, 0) is 0 Å². The normalized spacial score (nSPS) is 9.92. The monoisotopic (exact) mass is 204 g/mol. The van der Waals surface area contributed by atoms with E-state index in [0.29, 0.717) is 21.4 Å². The van der Waals surface area contributed by atoms with Gasteiger partial charge in [0.25, 0.3) is 0 Å². The van der Waals surface area contributed by atoms with Gasteiger partial charge in [0.1, 0.15) is 10.1 Å². The Kier molecular flexibility index (Phi) is 3.12. The van der Waals surface area contributed by atoms with Gasteiger partial charge in [-0.05, 0) is 0 Å². The van der Waals surface area contributed by atoms with E-state index in [0.717, 1.165) is 0 Å². The second kappa shape index (κ2) is 3.92.